The van der Waals surface area contributed by atoms with Gasteiger partial charge in [0.25, 0.3) is 0 Å². The van der Waals surface area contributed by atoms with Crippen LogP contribution in [0.5, 0.6) is 11.5 Å². The van der Waals surface area contributed by atoms with Crippen molar-refractivity contribution in [1.29, 1.82) is 0 Å². The second-order valence-corrected chi connectivity index (χ2v) is 4.83. The maximum atomic E-state index is 12.2. The molecule has 124 valence electrons. The van der Waals surface area contributed by atoms with Crippen LogP contribution in [0.2, 0.25) is 0 Å². The largest absolute Gasteiger partial charge is 0.496 e. The van der Waals surface area contributed by atoms with Crippen molar-refractivity contribution in [2.75, 3.05) is 20.8 Å². The van der Waals surface area contributed by atoms with Crippen LogP contribution in [0.3, 0.4) is 0 Å². The Bertz CT molecular complexity index is 732. The first-order chi connectivity index (χ1) is 11.6. The van der Waals surface area contributed by atoms with Crippen molar-refractivity contribution in [3.8, 4) is 11.5 Å². The van der Waals surface area contributed by atoms with Gasteiger partial charge in [-0.25, -0.2) is 4.79 Å². The summed E-state index contributed by atoms with van der Waals surface area (Å²) < 4.78 is 15.0. The minimum absolute atomic E-state index is 0.138. The predicted octanol–water partition coefficient (Wildman–Crippen LogP) is 3.14. The van der Waals surface area contributed by atoms with Crippen LogP contribution in [0.15, 0.2) is 54.6 Å². The Morgan fingerprint density at radius 1 is 1.00 bits per heavy atom. The maximum Gasteiger partial charge on any atom is 0.343 e. The third kappa shape index (κ3) is 4.71. The quantitative estimate of drug-likeness (QED) is 0.444. The van der Waals surface area contributed by atoms with E-state index in [1.165, 1.54) is 13.2 Å². The van der Waals surface area contributed by atoms with E-state index in [0.717, 1.165) is 5.56 Å². The fourth-order valence-electron chi connectivity index (χ4n) is 1.98. The summed E-state index contributed by atoms with van der Waals surface area (Å²) in [5.74, 6) is 0.592. The summed E-state index contributed by atoms with van der Waals surface area (Å²) in [6.07, 6.45) is 3.20. The van der Waals surface area contributed by atoms with E-state index in [2.05, 4.69) is 4.74 Å². The van der Waals surface area contributed by atoms with Crippen LogP contribution in [0.25, 0.3) is 6.08 Å². The number of ether oxygens (including phenoxy) is 3. The number of carbonyl (C=O) groups excluding carboxylic acids is 2. The molecular weight excluding hydrogens is 308 g/mol. The summed E-state index contributed by atoms with van der Waals surface area (Å²) in [6.45, 7) is -0.169. The first-order valence-corrected chi connectivity index (χ1v) is 7.29. The Labute approximate surface area is 140 Å². The molecule has 0 N–H and O–H groups in total. The predicted molar refractivity (Wildman–Crippen MR) is 90.3 cm³/mol. The molecule has 0 spiro atoms. The molecule has 0 atom stereocenters. The van der Waals surface area contributed by atoms with Crippen LogP contribution in [-0.2, 0) is 9.53 Å². The van der Waals surface area contributed by atoms with Crippen molar-refractivity contribution in [1.82, 2.24) is 0 Å². The molecule has 0 fully saturated rings. The van der Waals surface area contributed by atoms with Crippen molar-refractivity contribution in [3.05, 3.63) is 65.7 Å². The number of carbonyl (C=O) groups is 2. The number of rotatable bonds is 7. The molecule has 2 aromatic rings. The Kier molecular flexibility index (Phi) is 6.14. The zero-order valence-electron chi connectivity index (χ0n) is 13.5. The van der Waals surface area contributed by atoms with E-state index in [9.17, 15) is 9.59 Å². The number of ketones is 1. The first-order valence-electron chi connectivity index (χ1n) is 7.29. The summed E-state index contributed by atoms with van der Waals surface area (Å²) in [4.78, 5) is 23.2. The molecule has 0 bridgehead atoms. The average Bonchev–Trinajstić information content (AvgIpc) is 2.64. The van der Waals surface area contributed by atoms with Gasteiger partial charge in [-0.2, -0.15) is 0 Å². The number of hydrogen-bond donors (Lipinski definition) is 0. The molecule has 0 aliphatic heterocycles. The van der Waals surface area contributed by atoms with Crippen LogP contribution < -0.4 is 9.47 Å². The highest BCUT2D eigenvalue weighted by Crippen LogP contribution is 2.19. The summed E-state index contributed by atoms with van der Waals surface area (Å²) in [7, 11) is 2.88. The SMILES string of the molecule is COC(=O)COc1ccc(C(=O)/C=C/c2ccccc2OC)cc1. The van der Waals surface area contributed by atoms with Gasteiger partial charge in [0.15, 0.2) is 12.4 Å². The van der Waals surface area contributed by atoms with Crippen LogP contribution >= 0.6 is 0 Å². The molecule has 2 aromatic carbocycles. The maximum absolute atomic E-state index is 12.2. The van der Waals surface area contributed by atoms with Crippen LogP contribution in [-0.4, -0.2) is 32.6 Å². The Morgan fingerprint density at radius 3 is 2.38 bits per heavy atom. The Morgan fingerprint density at radius 2 is 1.71 bits per heavy atom. The molecule has 0 saturated carbocycles. The highest BCUT2D eigenvalue weighted by Gasteiger charge is 2.05. The fraction of sp³-hybridized carbons (Fsp3) is 0.158. The van der Waals surface area contributed by atoms with Gasteiger partial charge in [0, 0.05) is 11.1 Å². The van der Waals surface area contributed by atoms with Crippen molar-refractivity contribution >= 4 is 17.8 Å². The number of hydrogen-bond acceptors (Lipinski definition) is 5. The second-order valence-electron chi connectivity index (χ2n) is 4.83. The minimum atomic E-state index is -0.463. The lowest BCUT2D eigenvalue weighted by Crippen LogP contribution is -2.12. The van der Waals surface area contributed by atoms with Crippen LogP contribution in [0.4, 0.5) is 0 Å². The highest BCUT2D eigenvalue weighted by molar-refractivity contribution is 6.07. The molecule has 0 aliphatic carbocycles. The Hall–Kier alpha value is -3.08. The summed E-state index contributed by atoms with van der Waals surface area (Å²) in [6, 6.07) is 14.0. The smallest absolute Gasteiger partial charge is 0.343 e. The third-order valence-electron chi connectivity index (χ3n) is 3.28. The lowest BCUT2D eigenvalue weighted by Gasteiger charge is -2.05. The van der Waals surface area contributed by atoms with Gasteiger partial charge >= 0.3 is 5.97 Å². The zero-order valence-corrected chi connectivity index (χ0v) is 13.5. The molecule has 5 nitrogen and oxygen atoms in total. The van der Waals surface area contributed by atoms with Crippen molar-refractivity contribution in [3.63, 3.8) is 0 Å². The van der Waals surface area contributed by atoms with E-state index in [1.54, 1.807) is 37.5 Å². The standard InChI is InChI=1S/C19H18O5/c1-22-18-6-4-3-5-15(18)9-12-17(20)14-7-10-16(11-8-14)24-13-19(21)23-2/h3-12H,13H2,1-2H3/b12-9+. The number of methoxy groups -OCH3 is 2. The molecule has 0 radical (unpaired) electrons. The van der Waals surface area contributed by atoms with E-state index in [-0.39, 0.29) is 12.4 Å². The van der Waals surface area contributed by atoms with Gasteiger partial charge in [-0.15, -0.1) is 0 Å². The van der Waals surface area contributed by atoms with Crippen molar-refractivity contribution in [2.45, 2.75) is 0 Å². The van der Waals surface area contributed by atoms with Gasteiger partial charge < -0.3 is 14.2 Å². The molecule has 0 aliphatic rings. The molecular formula is C19H18O5. The van der Waals surface area contributed by atoms with E-state index < -0.39 is 5.97 Å². The van der Waals surface area contributed by atoms with Crippen LogP contribution in [0, 0.1) is 0 Å². The van der Waals surface area contributed by atoms with Crippen molar-refractivity contribution < 1.29 is 23.8 Å². The van der Waals surface area contributed by atoms with E-state index in [4.69, 9.17) is 9.47 Å². The number of para-hydroxylation sites is 1. The molecule has 0 amide bonds. The zero-order chi connectivity index (χ0) is 17.4. The molecule has 24 heavy (non-hydrogen) atoms. The van der Waals surface area contributed by atoms with Gasteiger partial charge in [-0.1, -0.05) is 18.2 Å². The Balaban J connectivity index is 2.02. The monoisotopic (exact) mass is 326 g/mol. The normalized spacial score (nSPS) is 10.4. The van der Waals surface area contributed by atoms with E-state index >= 15 is 0 Å². The molecule has 2 rings (SSSR count). The van der Waals surface area contributed by atoms with E-state index in [1.807, 2.05) is 24.3 Å². The average molecular weight is 326 g/mol. The summed E-state index contributed by atoms with van der Waals surface area (Å²) in [5, 5.41) is 0. The number of allylic oxidation sites excluding steroid dienone is 1. The fourth-order valence-corrected chi connectivity index (χ4v) is 1.98. The van der Waals surface area contributed by atoms with Crippen molar-refractivity contribution in [2.24, 2.45) is 0 Å². The number of esters is 1. The molecule has 0 unspecified atom stereocenters. The third-order valence-corrected chi connectivity index (χ3v) is 3.28. The topological polar surface area (TPSA) is 61.8 Å². The molecule has 0 aromatic heterocycles. The number of benzene rings is 2. The molecule has 0 heterocycles. The molecule has 0 saturated heterocycles. The minimum Gasteiger partial charge on any atom is -0.496 e. The highest BCUT2D eigenvalue weighted by atomic mass is 16.6. The van der Waals surface area contributed by atoms with Gasteiger partial charge in [-0.3, -0.25) is 4.79 Å². The van der Waals surface area contributed by atoms with Gasteiger partial charge in [-0.05, 0) is 42.5 Å². The first kappa shape index (κ1) is 17.3. The summed E-state index contributed by atoms with van der Waals surface area (Å²) >= 11 is 0. The van der Waals surface area contributed by atoms with E-state index in [0.29, 0.717) is 17.1 Å². The second kappa shape index (κ2) is 8.53. The van der Waals surface area contributed by atoms with Gasteiger partial charge in [0.2, 0.25) is 0 Å². The molecule has 5 heteroatoms. The van der Waals surface area contributed by atoms with Crippen LogP contribution in [0.1, 0.15) is 15.9 Å². The summed E-state index contributed by atoms with van der Waals surface area (Å²) in [5.41, 5.74) is 1.35. The lowest BCUT2D eigenvalue weighted by molar-refractivity contribution is -0.142. The van der Waals surface area contributed by atoms with Gasteiger partial charge in [0.1, 0.15) is 11.5 Å². The van der Waals surface area contributed by atoms with Gasteiger partial charge in [0.05, 0.1) is 14.2 Å². The lowest BCUT2D eigenvalue weighted by atomic mass is 10.1.